The minimum Gasteiger partial charge on any atom is -0.394 e. The van der Waals surface area contributed by atoms with Gasteiger partial charge in [0.25, 0.3) is 0 Å². The van der Waals surface area contributed by atoms with E-state index in [1.807, 2.05) is 25.1 Å². The summed E-state index contributed by atoms with van der Waals surface area (Å²) in [5, 5.41) is 32.8. The fourth-order valence-corrected chi connectivity index (χ4v) is 3.36. The summed E-state index contributed by atoms with van der Waals surface area (Å²) in [6.45, 7) is 2.13. The maximum absolute atomic E-state index is 10.3. The molecule has 0 unspecified atom stereocenters. The third kappa shape index (κ3) is 3.27. The van der Waals surface area contributed by atoms with Crippen LogP contribution in [-0.4, -0.2) is 59.8 Å². The first-order chi connectivity index (χ1) is 13.5. The van der Waals surface area contributed by atoms with Gasteiger partial charge in [-0.05, 0) is 12.5 Å². The van der Waals surface area contributed by atoms with Crippen molar-refractivity contribution in [3.05, 3.63) is 41.7 Å². The molecule has 4 rings (SSSR count). The number of ether oxygens (including phenoxy) is 1. The Kier molecular flexibility index (Phi) is 4.85. The first kappa shape index (κ1) is 18.6. The van der Waals surface area contributed by atoms with E-state index in [2.05, 4.69) is 26.3 Å². The summed E-state index contributed by atoms with van der Waals surface area (Å²) in [7, 11) is 0. The van der Waals surface area contributed by atoms with Crippen LogP contribution >= 0.6 is 0 Å². The molecule has 1 saturated heterocycles. The van der Waals surface area contributed by atoms with Crippen LogP contribution in [0.4, 0.5) is 11.8 Å². The van der Waals surface area contributed by atoms with E-state index in [0.717, 1.165) is 11.1 Å². The van der Waals surface area contributed by atoms with E-state index in [4.69, 9.17) is 10.5 Å². The largest absolute Gasteiger partial charge is 0.394 e. The minimum atomic E-state index is -1.24. The molecule has 0 bridgehead atoms. The standard InChI is InChI=1S/C18H22N6O4/c1-9-3-2-4-10(5-9)6-20-15-12-16(23-18(19)22-15)24(8-21-12)17-14(27)13(26)11(7-25)28-17/h2-5,8,11,13-14,17,25-27H,6-7H2,1H3,(H3,19,20,22,23)/t11-,13-,14-,17-/m1/s1. The number of hydrogen-bond donors (Lipinski definition) is 5. The number of nitrogens with one attached hydrogen (secondary N) is 1. The summed E-state index contributed by atoms with van der Waals surface area (Å²) in [5.74, 6) is 0.488. The molecule has 1 aromatic carbocycles. The number of hydrogen-bond acceptors (Lipinski definition) is 9. The van der Waals surface area contributed by atoms with Gasteiger partial charge in [-0.3, -0.25) is 4.57 Å². The van der Waals surface area contributed by atoms with Gasteiger partial charge in [-0.25, -0.2) is 4.98 Å². The molecule has 1 aliphatic rings. The molecular weight excluding hydrogens is 364 g/mol. The Hall–Kier alpha value is -2.79. The number of anilines is 2. The van der Waals surface area contributed by atoms with Crippen molar-refractivity contribution < 1.29 is 20.1 Å². The number of nitrogens with zero attached hydrogens (tertiary/aromatic N) is 4. The lowest BCUT2D eigenvalue weighted by molar-refractivity contribution is -0.0511. The molecule has 10 heteroatoms. The van der Waals surface area contributed by atoms with E-state index in [1.165, 1.54) is 10.9 Å². The number of nitrogens with two attached hydrogens (primary N) is 1. The average molecular weight is 386 g/mol. The van der Waals surface area contributed by atoms with Crippen molar-refractivity contribution in [2.75, 3.05) is 17.7 Å². The Morgan fingerprint density at radius 3 is 2.79 bits per heavy atom. The number of fused-ring (bicyclic) bond motifs is 1. The van der Waals surface area contributed by atoms with Crippen molar-refractivity contribution in [2.45, 2.75) is 38.0 Å². The van der Waals surface area contributed by atoms with Crippen LogP contribution in [0.25, 0.3) is 11.2 Å². The number of aliphatic hydroxyl groups is 3. The van der Waals surface area contributed by atoms with Gasteiger partial charge < -0.3 is 31.1 Å². The third-order valence-electron chi connectivity index (χ3n) is 4.77. The topological polar surface area (TPSA) is 152 Å². The molecule has 3 heterocycles. The van der Waals surface area contributed by atoms with Gasteiger partial charge in [-0.2, -0.15) is 9.97 Å². The lowest BCUT2D eigenvalue weighted by atomic mass is 10.1. The molecule has 0 radical (unpaired) electrons. The van der Waals surface area contributed by atoms with Gasteiger partial charge in [0.05, 0.1) is 12.9 Å². The summed E-state index contributed by atoms with van der Waals surface area (Å²) in [5.41, 5.74) is 8.91. The Labute approximate surface area is 160 Å². The van der Waals surface area contributed by atoms with Crippen molar-refractivity contribution >= 4 is 22.9 Å². The molecule has 0 amide bonds. The summed E-state index contributed by atoms with van der Waals surface area (Å²) in [6, 6.07) is 8.06. The number of aliphatic hydroxyl groups excluding tert-OH is 3. The molecule has 4 atom stereocenters. The van der Waals surface area contributed by atoms with Crippen LogP contribution in [0.2, 0.25) is 0 Å². The highest BCUT2D eigenvalue weighted by atomic mass is 16.6. The van der Waals surface area contributed by atoms with Crippen molar-refractivity contribution in [3.63, 3.8) is 0 Å². The van der Waals surface area contributed by atoms with Gasteiger partial charge in [0.1, 0.15) is 18.3 Å². The van der Waals surface area contributed by atoms with Crippen LogP contribution < -0.4 is 11.1 Å². The van der Waals surface area contributed by atoms with Crippen molar-refractivity contribution in [1.82, 2.24) is 19.5 Å². The molecule has 148 valence electrons. The van der Waals surface area contributed by atoms with Crippen LogP contribution in [0.1, 0.15) is 17.4 Å². The minimum absolute atomic E-state index is 0.0349. The second-order valence-corrected chi connectivity index (χ2v) is 6.83. The van der Waals surface area contributed by atoms with Crippen LogP contribution in [0.15, 0.2) is 30.6 Å². The van der Waals surface area contributed by atoms with Gasteiger partial charge in [-0.1, -0.05) is 29.8 Å². The van der Waals surface area contributed by atoms with Crippen LogP contribution in [0.3, 0.4) is 0 Å². The Bertz CT molecular complexity index is 993. The Morgan fingerprint density at radius 1 is 1.25 bits per heavy atom. The highest BCUT2D eigenvalue weighted by Gasteiger charge is 2.44. The number of aryl methyl sites for hydroxylation is 1. The number of nitrogen functional groups attached to an aromatic ring is 1. The molecule has 10 nitrogen and oxygen atoms in total. The predicted molar refractivity (Wildman–Crippen MR) is 101 cm³/mol. The van der Waals surface area contributed by atoms with E-state index in [1.54, 1.807) is 0 Å². The summed E-state index contributed by atoms with van der Waals surface area (Å²) < 4.78 is 7.04. The number of rotatable bonds is 5. The van der Waals surface area contributed by atoms with Crippen molar-refractivity contribution in [2.24, 2.45) is 0 Å². The molecule has 6 N–H and O–H groups in total. The lowest BCUT2D eigenvalue weighted by Gasteiger charge is -2.16. The zero-order chi connectivity index (χ0) is 19.8. The second-order valence-electron chi connectivity index (χ2n) is 6.83. The fraction of sp³-hybridized carbons (Fsp3) is 0.389. The van der Waals surface area contributed by atoms with E-state index in [9.17, 15) is 15.3 Å². The van der Waals surface area contributed by atoms with E-state index < -0.39 is 31.1 Å². The maximum Gasteiger partial charge on any atom is 0.224 e. The van der Waals surface area contributed by atoms with Crippen LogP contribution in [0.5, 0.6) is 0 Å². The highest BCUT2D eigenvalue weighted by molar-refractivity contribution is 5.84. The van der Waals surface area contributed by atoms with E-state index in [0.29, 0.717) is 23.5 Å². The number of imidazole rings is 1. The van der Waals surface area contributed by atoms with Gasteiger partial charge in [0.2, 0.25) is 5.95 Å². The second kappa shape index (κ2) is 7.32. The summed E-state index contributed by atoms with van der Waals surface area (Å²) in [4.78, 5) is 12.8. The molecular formula is C18H22N6O4. The normalized spacial score (nSPS) is 24.7. The SMILES string of the molecule is Cc1cccc(CNc2nc(N)nc3c2ncn3[C@@H]2O[C@H](CO)[C@@H](O)[C@H]2O)c1. The first-order valence-electron chi connectivity index (χ1n) is 8.90. The zero-order valence-electron chi connectivity index (χ0n) is 15.2. The molecule has 0 saturated carbocycles. The molecule has 3 aromatic rings. The van der Waals surface area contributed by atoms with Gasteiger partial charge >= 0.3 is 0 Å². The fourth-order valence-electron chi connectivity index (χ4n) is 3.36. The van der Waals surface area contributed by atoms with E-state index >= 15 is 0 Å². The van der Waals surface area contributed by atoms with E-state index in [-0.39, 0.29) is 5.95 Å². The molecule has 28 heavy (non-hydrogen) atoms. The monoisotopic (exact) mass is 386 g/mol. The first-order valence-corrected chi connectivity index (χ1v) is 8.90. The van der Waals surface area contributed by atoms with Crippen molar-refractivity contribution in [3.8, 4) is 0 Å². The van der Waals surface area contributed by atoms with Crippen molar-refractivity contribution in [1.29, 1.82) is 0 Å². The molecule has 1 aliphatic heterocycles. The summed E-state index contributed by atoms with van der Waals surface area (Å²) in [6.07, 6.45) is -2.86. The average Bonchev–Trinajstić information content (AvgIpc) is 3.21. The maximum atomic E-state index is 10.3. The number of benzene rings is 1. The predicted octanol–water partition coefficient (Wildman–Crippen LogP) is -0.0595. The molecule has 0 aliphatic carbocycles. The highest BCUT2D eigenvalue weighted by Crippen LogP contribution is 2.32. The van der Waals surface area contributed by atoms with Gasteiger partial charge in [-0.15, -0.1) is 0 Å². The Morgan fingerprint density at radius 2 is 2.07 bits per heavy atom. The Balaban J connectivity index is 1.65. The molecule has 2 aromatic heterocycles. The van der Waals surface area contributed by atoms with Gasteiger partial charge in [0, 0.05) is 6.54 Å². The molecule has 1 fully saturated rings. The molecule has 0 spiro atoms. The lowest BCUT2D eigenvalue weighted by Crippen LogP contribution is -2.33. The summed E-state index contributed by atoms with van der Waals surface area (Å²) >= 11 is 0. The van der Waals surface area contributed by atoms with Crippen LogP contribution in [0, 0.1) is 6.92 Å². The smallest absolute Gasteiger partial charge is 0.224 e. The third-order valence-corrected chi connectivity index (χ3v) is 4.77. The van der Waals surface area contributed by atoms with Crippen LogP contribution in [-0.2, 0) is 11.3 Å². The van der Waals surface area contributed by atoms with Gasteiger partial charge in [0.15, 0.2) is 23.2 Å². The zero-order valence-corrected chi connectivity index (χ0v) is 15.2. The number of aromatic nitrogens is 4. The quantitative estimate of drug-likeness (QED) is 0.406.